The lowest BCUT2D eigenvalue weighted by Gasteiger charge is -2.32. The molecule has 0 spiro atoms. The smallest absolute Gasteiger partial charge is 0.191 e. The summed E-state index contributed by atoms with van der Waals surface area (Å²) >= 11 is 0. The summed E-state index contributed by atoms with van der Waals surface area (Å²) in [5.74, 6) is 1.26. The van der Waals surface area contributed by atoms with Gasteiger partial charge in [0.1, 0.15) is 11.6 Å². The van der Waals surface area contributed by atoms with Gasteiger partial charge in [-0.3, -0.25) is 9.89 Å². The molecule has 1 aliphatic rings. The number of furan rings is 1. The summed E-state index contributed by atoms with van der Waals surface area (Å²) in [7, 11) is 0. The molecule has 0 bridgehead atoms. The van der Waals surface area contributed by atoms with Crippen LogP contribution in [0.3, 0.4) is 0 Å². The molecule has 3 rings (SSSR count). The summed E-state index contributed by atoms with van der Waals surface area (Å²) in [5.41, 5.74) is 0.663. The van der Waals surface area contributed by atoms with Crippen molar-refractivity contribution in [3.63, 3.8) is 0 Å². The topological polar surface area (TPSA) is 73.0 Å². The van der Waals surface area contributed by atoms with Crippen LogP contribution in [0.15, 0.2) is 52.1 Å². The van der Waals surface area contributed by atoms with Crippen molar-refractivity contribution in [2.75, 3.05) is 32.7 Å². The summed E-state index contributed by atoms with van der Waals surface area (Å²) in [5, 5.41) is 16.8. The van der Waals surface area contributed by atoms with Gasteiger partial charge in [-0.05, 0) is 62.7 Å². The van der Waals surface area contributed by atoms with E-state index in [1.54, 1.807) is 18.4 Å². The number of hydrogen-bond donors (Lipinski definition) is 3. The second-order valence-corrected chi connectivity index (χ2v) is 7.30. The molecule has 1 saturated heterocycles. The Kier molecular flexibility index (Phi) is 8.07. The Morgan fingerprint density at radius 1 is 1.17 bits per heavy atom. The Balaban J connectivity index is 1.63. The van der Waals surface area contributed by atoms with Gasteiger partial charge < -0.3 is 20.2 Å². The predicted octanol–water partition coefficient (Wildman–Crippen LogP) is 3.23. The highest BCUT2D eigenvalue weighted by Crippen LogP contribution is 2.25. The average molecular weight is 403 g/mol. The van der Waals surface area contributed by atoms with E-state index < -0.39 is 6.10 Å². The first-order valence-electron chi connectivity index (χ1n) is 10.4. The van der Waals surface area contributed by atoms with E-state index in [0.717, 1.165) is 18.8 Å². The molecule has 0 amide bonds. The molecule has 0 saturated carbocycles. The standard InChI is InChI=1S/C22H31FN4O2/c1-2-24-22(26-16-20(28)17-8-10-18(23)11-9-17)25-15-19(21-7-6-14-29-21)27-12-4-3-5-13-27/h6-11,14,19-20,28H,2-5,12-13,15-16H2,1H3,(H2,24,25,26). The molecule has 1 aliphatic heterocycles. The van der Waals surface area contributed by atoms with Crippen LogP contribution in [0.25, 0.3) is 0 Å². The second kappa shape index (κ2) is 11.0. The third-order valence-electron chi connectivity index (χ3n) is 5.19. The minimum atomic E-state index is -0.748. The number of aliphatic hydroxyl groups excluding tert-OH is 1. The van der Waals surface area contributed by atoms with Gasteiger partial charge in [0, 0.05) is 13.1 Å². The van der Waals surface area contributed by atoms with E-state index in [1.807, 2.05) is 19.1 Å². The van der Waals surface area contributed by atoms with Gasteiger partial charge in [-0.2, -0.15) is 0 Å². The number of aliphatic hydroxyl groups is 1. The number of likely N-dealkylation sites (tertiary alicyclic amines) is 1. The Bertz CT molecular complexity index is 743. The van der Waals surface area contributed by atoms with Crippen molar-refractivity contribution < 1.29 is 13.9 Å². The van der Waals surface area contributed by atoms with Crippen molar-refractivity contribution in [3.8, 4) is 0 Å². The highest BCUT2D eigenvalue weighted by Gasteiger charge is 2.24. The van der Waals surface area contributed by atoms with E-state index >= 15 is 0 Å². The lowest BCUT2D eigenvalue weighted by Crippen LogP contribution is -2.41. The number of nitrogens with zero attached hydrogens (tertiary/aromatic N) is 2. The van der Waals surface area contributed by atoms with E-state index in [4.69, 9.17) is 9.41 Å². The van der Waals surface area contributed by atoms with Crippen LogP contribution in [0.5, 0.6) is 0 Å². The van der Waals surface area contributed by atoms with Crippen molar-refractivity contribution in [2.24, 2.45) is 4.99 Å². The molecule has 2 atom stereocenters. The quantitative estimate of drug-likeness (QED) is 0.467. The zero-order valence-electron chi connectivity index (χ0n) is 17.0. The van der Waals surface area contributed by atoms with Gasteiger partial charge in [0.2, 0.25) is 0 Å². The average Bonchev–Trinajstić information content (AvgIpc) is 3.27. The van der Waals surface area contributed by atoms with Crippen LogP contribution in [0.2, 0.25) is 0 Å². The normalized spacial score (nSPS) is 17.7. The molecule has 29 heavy (non-hydrogen) atoms. The molecule has 2 unspecified atom stereocenters. The fraction of sp³-hybridized carbons (Fsp3) is 0.500. The maximum Gasteiger partial charge on any atom is 0.191 e. The molecule has 2 heterocycles. The van der Waals surface area contributed by atoms with Gasteiger partial charge in [-0.15, -0.1) is 0 Å². The molecule has 158 valence electrons. The van der Waals surface area contributed by atoms with Crippen LogP contribution in [0.1, 0.15) is 49.7 Å². The minimum Gasteiger partial charge on any atom is -0.468 e. The third-order valence-corrected chi connectivity index (χ3v) is 5.19. The number of aliphatic imine (C=N–C) groups is 1. The van der Waals surface area contributed by atoms with Gasteiger partial charge in [0.15, 0.2) is 5.96 Å². The molecular weight excluding hydrogens is 371 g/mol. The van der Waals surface area contributed by atoms with E-state index in [2.05, 4.69) is 15.5 Å². The van der Waals surface area contributed by atoms with Crippen molar-refractivity contribution in [2.45, 2.75) is 38.3 Å². The van der Waals surface area contributed by atoms with Gasteiger partial charge in [-0.25, -0.2) is 4.39 Å². The fourth-order valence-corrected chi connectivity index (χ4v) is 3.61. The Morgan fingerprint density at radius 3 is 2.59 bits per heavy atom. The summed E-state index contributed by atoms with van der Waals surface area (Å²) in [6.45, 7) is 5.67. The van der Waals surface area contributed by atoms with Crippen LogP contribution in [-0.2, 0) is 0 Å². The predicted molar refractivity (Wildman–Crippen MR) is 112 cm³/mol. The molecule has 6 nitrogen and oxygen atoms in total. The Labute approximate surface area is 171 Å². The molecule has 1 aromatic carbocycles. The van der Waals surface area contributed by atoms with E-state index in [-0.39, 0.29) is 18.4 Å². The van der Waals surface area contributed by atoms with Crippen LogP contribution < -0.4 is 10.6 Å². The fourth-order valence-electron chi connectivity index (χ4n) is 3.61. The molecule has 0 aliphatic carbocycles. The molecule has 1 fully saturated rings. The number of halogens is 1. The van der Waals surface area contributed by atoms with Crippen LogP contribution in [0, 0.1) is 5.82 Å². The number of hydrogen-bond acceptors (Lipinski definition) is 4. The van der Waals surface area contributed by atoms with Gasteiger partial charge >= 0.3 is 0 Å². The SMILES string of the molecule is CCNC(=NCC(c1ccco1)N1CCCCC1)NCC(O)c1ccc(F)cc1. The summed E-state index contributed by atoms with van der Waals surface area (Å²) in [4.78, 5) is 7.18. The third kappa shape index (κ3) is 6.30. The molecule has 3 N–H and O–H groups in total. The Morgan fingerprint density at radius 2 is 1.93 bits per heavy atom. The minimum absolute atomic E-state index is 0.0998. The highest BCUT2D eigenvalue weighted by atomic mass is 19.1. The first-order valence-corrected chi connectivity index (χ1v) is 10.4. The van der Waals surface area contributed by atoms with Crippen molar-refractivity contribution in [1.29, 1.82) is 0 Å². The van der Waals surface area contributed by atoms with Gasteiger partial charge in [-0.1, -0.05) is 18.6 Å². The first-order chi connectivity index (χ1) is 14.2. The number of rotatable bonds is 8. The summed E-state index contributed by atoms with van der Waals surface area (Å²) < 4.78 is 18.8. The lowest BCUT2D eigenvalue weighted by molar-refractivity contribution is 0.150. The van der Waals surface area contributed by atoms with Gasteiger partial charge in [0.25, 0.3) is 0 Å². The van der Waals surface area contributed by atoms with Crippen LogP contribution in [-0.4, -0.2) is 48.7 Å². The van der Waals surface area contributed by atoms with Crippen molar-refractivity contribution in [3.05, 3.63) is 59.8 Å². The van der Waals surface area contributed by atoms with Crippen LogP contribution >= 0.6 is 0 Å². The Hall–Kier alpha value is -2.38. The molecule has 2 aromatic rings. The molecule has 0 radical (unpaired) electrons. The number of guanidine groups is 1. The maximum atomic E-state index is 13.1. The highest BCUT2D eigenvalue weighted by molar-refractivity contribution is 5.79. The van der Waals surface area contributed by atoms with Crippen LogP contribution in [0.4, 0.5) is 4.39 Å². The van der Waals surface area contributed by atoms with E-state index in [1.165, 1.54) is 31.4 Å². The van der Waals surface area contributed by atoms with Crippen molar-refractivity contribution in [1.82, 2.24) is 15.5 Å². The summed E-state index contributed by atoms with van der Waals surface area (Å²) in [6.07, 6.45) is 4.63. The van der Waals surface area contributed by atoms with Gasteiger partial charge in [0.05, 0.1) is 25.0 Å². The molecule has 7 heteroatoms. The maximum absolute atomic E-state index is 13.1. The molecular formula is C22H31FN4O2. The zero-order valence-corrected chi connectivity index (χ0v) is 17.0. The number of piperidine rings is 1. The molecule has 1 aromatic heterocycles. The first kappa shape index (κ1) is 21.3. The largest absolute Gasteiger partial charge is 0.468 e. The second-order valence-electron chi connectivity index (χ2n) is 7.30. The zero-order chi connectivity index (χ0) is 20.5. The number of nitrogens with one attached hydrogen (secondary N) is 2. The summed E-state index contributed by atoms with van der Waals surface area (Å²) in [6, 6.07) is 9.91. The number of benzene rings is 1. The monoisotopic (exact) mass is 402 g/mol. The van der Waals surface area contributed by atoms with Crippen molar-refractivity contribution >= 4 is 5.96 Å². The van der Waals surface area contributed by atoms with E-state index in [9.17, 15) is 9.50 Å². The van der Waals surface area contributed by atoms with E-state index in [0.29, 0.717) is 24.6 Å². The lowest BCUT2D eigenvalue weighted by atomic mass is 10.1.